The Morgan fingerprint density at radius 2 is 1.73 bits per heavy atom. The molecule has 0 spiro atoms. The average Bonchev–Trinajstić information content (AvgIpc) is 2.54. The summed E-state index contributed by atoms with van der Waals surface area (Å²) in [6, 6.07) is 19.9. The number of hydrogen-bond acceptors (Lipinski definition) is 1. The molecular weight excluding hydrogens is 277 g/mol. The SMILES string of the molecule is O=C(NCCc1cccc(F)c1)c1cccc2ccccc12. The van der Waals surface area contributed by atoms with Gasteiger partial charge >= 0.3 is 0 Å². The van der Waals surface area contributed by atoms with Crippen molar-refractivity contribution in [1.82, 2.24) is 5.32 Å². The molecule has 0 bridgehead atoms. The summed E-state index contributed by atoms with van der Waals surface area (Å²) >= 11 is 0. The van der Waals surface area contributed by atoms with Gasteiger partial charge in [0.05, 0.1) is 0 Å². The Labute approximate surface area is 128 Å². The van der Waals surface area contributed by atoms with E-state index in [4.69, 9.17) is 0 Å². The predicted molar refractivity (Wildman–Crippen MR) is 86.4 cm³/mol. The number of halogens is 1. The van der Waals surface area contributed by atoms with Gasteiger partial charge in [-0.2, -0.15) is 0 Å². The molecule has 0 saturated carbocycles. The number of amides is 1. The Bertz CT molecular complexity index is 808. The third-order valence-electron chi connectivity index (χ3n) is 3.62. The van der Waals surface area contributed by atoms with Gasteiger partial charge in [-0.05, 0) is 41.0 Å². The zero-order chi connectivity index (χ0) is 15.4. The number of nitrogens with one attached hydrogen (secondary N) is 1. The van der Waals surface area contributed by atoms with Crippen LogP contribution >= 0.6 is 0 Å². The van der Waals surface area contributed by atoms with E-state index >= 15 is 0 Å². The third kappa shape index (κ3) is 3.14. The molecule has 3 aromatic rings. The molecule has 0 unspecified atom stereocenters. The van der Waals surface area contributed by atoms with Crippen molar-refractivity contribution in [2.24, 2.45) is 0 Å². The first kappa shape index (κ1) is 14.3. The second kappa shape index (κ2) is 6.39. The molecule has 0 atom stereocenters. The second-order valence-electron chi connectivity index (χ2n) is 5.16. The lowest BCUT2D eigenvalue weighted by atomic mass is 10.0. The lowest BCUT2D eigenvalue weighted by molar-refractivity contribution is 0.0956. The van der Waals surface area contributed by atoms with Crippen molar-refractivity contribution in [3.63, 3.8) is 0 Å². The van der Waals surface area contributed by atoms with E-state index in [9.17, 15) is 9.18 Å². The van der Waals surface area contributed by atoms with E-state index in [2.05, 4.69) is 5.32 Å². The Hall–Kier alpha value is -2.68. The van der Waals surface area contributed by atoms with Crippen LogP contribution < -0.4 is 5.32 Å². The van der Waals surface area contributed by atoms with Crippen molar-refractivity contribution in [1.29, 1.82) is 0 Å². The van der Waals surface area contributed by atoms with Crippen LogP contribution in [0.15, 0.2) is 66.7 Å². The van der Waals surface area contributed by atoms with Gasteiger partial charge in [-0.1, -0.05) is 48.5 Å². The smallest absolute Gasteiger partial charge is 0.251 e. The van der Waals surface area contributed by atoms with Crippen molar-refractivity contribution in [3.05, 3.63) is 83.7 Å². The van der Waals surface area contributed by atoms with Gasteiger partial charge < -0.3 is 5.32 Å². The fraction of sp³-hybridized carbons (Fsp3) is 0.105. The number of rotatable bonds is 4. The monoisotopic (exact) mass is 293 g/mol. The molecule has 0 aliphatic carbocycles. The summed E-state index contributed by atoms with van der Waals surface area (Å²) < 4.78 is 13.1. The van der Waals surface area contributed by atoms with E-state index in [0.717, 1.165) is 16.3 Å². The molecule has 110 valence electrons. The van der Waals surface area contributed by atoms with Crippen LogP contribution in [0.5, 0.6) is 0 Å². The Morgan fingerprint density at radius 3 is 2.59 bits per heavy atom. The van der Waals surface area contributed by atoms with Crippen molar-refractivity contribution < 1.29 is 9.18 Å². The van der Waals surface area contributed by atoms with Gasteiger partial charge in [-0.25, -0.2) is 4.39 Å². The van der Waals surface area contributed by atoms with E-state index in [-0.39, 0.29) is 11.7 Å². The second-order valence-corrected chi connectivity index (χ2v) is 5.16. The van der Waals surface area contributed by atoms with Gasteiger partial charge in [0.15, 0.2) is 0 Å². The first-order valence-electron chi connectivity index (χ1n) is 7.24. The molecule has 22 heavy (non-hydrogen) atoms. The molecule has 0 aliphatic rings. The summed E-state index contributed by atoms with van der Waals surface area (Å²) in [5, 5.41) is 4.88. The summed E-state index contributed by atoms with van der Waals surface area (Å²) in [6.45, 7) is 0.478. The number of fused-ring (bicyclic) bond motifs is 1. The first-order chi connectivity index (χ1) is 10.7. The highest BCUT2D eigenvalue weighted by Crippen LogP contribution is 2.18. The maximum atomic E-state index is 13.1. The fourth-order valence-corrected chi connectivity index (χ4v) is 2.53. The fourth-order valence-electron chi connectivity index (χ4n) is 2.53. The summed E-state index contributed by atoms with van der Waals surface area (Å²) in [6.07, 6.45) is 0.605. The highest BCUT2D eigenvalue weighted by Gasteiger charge is 2.08. The molecule has 1 amide bonds. The summed E-state index contributed by atoms with van der Waals surface area (Å²) in [7, 11) is 0. The van der Waals surface area contributed by atoms with Gasteiger partial charge in [0.25, 0.3) is 5.91 Å². The van der Waals surface area contributed by atoms with Crippen molar-refractivity contribution >= 4 is 16.7 Å². The highest BCUT2D eigenvalue weighted by molar-refractivity contribution is 6.06. The molecule has 0 heterocycles. The normalized spacial score (nSPS) is 10.6. The van der Waals surface area contributed by atoms with Crippen LogP contribution in [0.2, 0.25) is 0 Å². The van der Waals surface area contributed by atoms with Crippen LogP contribution in [-0.4, -0.2) is 12.5 Å². The van der Waals surface area contributed by atoms with Crippen LogP contribution in [0.4, 0.5) is 4.39 Å². The number of carbonyl (C=O) groups is 1. The van der Waals surface area contributed by atoms with Crippen LogP contribution in [0.25, 0.3) is 10.8 Å². The third-order valence-corrected chi connectivity index (χ3v) is 3.62. The molecule has 3 heteroatoms. The minimum absolute atomic E-state index is 0.104. The number of carbonyl (C=O) groups excluding carboxylic acids is 1. The lowest BCUT2D eigenvalue weighted by Crippen LogP contribution is -2.25. The van der Waals surface area contributed by atoms with Crippen molar-refractivity contribution in [3.8, 4) is 0 Å². The lowest BCUT2D eigenvalue weighted by Gasteiger charge is -2.08. The molecule has 0 aromatic heterocycles. The maximum absolute atomic E-state index is 13.1. The average molecular weight is 293 g/mol. The Kier molecular flexibility index (Phi) is 4.15. The minimum atomic E-state index is -0.252. The Morgan fingerprint density at radius 1 is 0.955 bits per heavy atom. The molecule has 2 nitrogen and oxygen atoms in total. The van der Waals surface area contributed by atoms with Crippen molar-refractivity contribution in [2.45, 2.75) is 6.42 Å². The quantitative estimate of drug-likeness (QED) is 0.775. The molecule has 0 radical (unpaired) electrons. The van der Waals surface area contributed by atoms with Gasteiger partial charge in [-0.3, -0.25) is 4.79 Å². The minimum Gasteiger partial charge on any atom is -0.352 e. The van der Waals surface area contributed by atoms with E-state index < -0.39 is 0 Å². The zero-order valence-electron chi connectivity index (χ0n) is 12.1. The van der Waals surface area contributed by atoms with Gasteiger partial charge in [0.1, 0.15) is 5.82 Å². The predicted octanol–water partition coefficient (Wildman–Crippen LogP) is 3.95. The topological polar surface area (TPSA) is 29.1 Å². The van der Waals surface area contributed by atoms with Gasteiger partial charge in [0, 0.05) is 12.1 Å². The molecule has 0 aliphatic heterocycles. The standard InChI is InChI=1S/C19H16FNO/c20-16-8-3-5-14(13-16)11-12-21-19(22)18-10-4-7-15-6-1-2-9-17(15)18/h1-10,13H,11-12H2,(H,21,22). The molecule has 1 N–H and O–H groups in total. The summed E-state index contributed by atoms with van der Waals surface area (Å²) in [5.41, 5.74) is 1.54. The summed E-state index contributed by atoms with van der Waals surface area (Å²) in [4.78, 5) is 12.3. The molecule has 3 rings (SSSR count). The van der Waals surface area contributed by atoms with E-state index in [0.29, 0.717) is 18.5 Å². The number of hydrogen-bond donors (Lipinski definition) is 1. The van der Waals surface area contributed by atoms with Crippen LogP contribution in [0, 0.1) is 5.82 Å². The van der Waals surface area contributed by atoms with Gasteiger partial charge in [-0.15, -0.1) is 0 Å². The largest absolute Gasteiger partial charge is 0.352 e. The first-order valence-corrected chi connectivity index (χ1v) is 7.24. The van der Waals surface area contributed by atoms with Crippen LogP contribution in [0.3, 0.4) is 0 Å². The van der Waals surface area contributed by atoms with Crippen LogP contribution in [-0.2, 0) is 6.42 Å². The number of benzene rings is 3. The van der Waals surface area contributed by atoms with Crippen LogP contribution in [0.1, 0.15) is 15.9 Å². The molecule has 3 aromatic carbocycles. The molecular formula is C19H16FNO. The molecule has 0 fully saturated rings. The van der Waals surface area contributed by atoms with E-state index in [1.54, 1.807) is 6.07 Å². The van der Waals surface area contributed by atoms with Gasteiger partial charge in [0.2, 0.25) is 0 Å². The summed E-state index contributed by atoms with van der Waals surface area (Å²) in [5.74, 6) is -0.355. The zero-order valence-corrected chi connectivity index (χ0v) is 12.1. The maximum Gasteiger partial charge on any atom is 0.251 e. The van der Waals surface area contributed by atoms with E-state index in [1.807, 2.05) is 48.5 Å². The molecule has 0 saturated heterocycles. The highest BCUT2D eigenvalue weighted by atomic mass is 19.1. The van der Waals surface area contributed by atoms with E-state index in [1.165, 1.54) is 12.1 Å². The Balaban J connectivity index is 1.69. The van der Waals surface area contributed by atoms with Crippen molar-refractivity contribution in [2.75, 3.05) is 6.54 Å².